The second kappa shape index (κ2) is 6.17. The van der Waals surface area contributed by atoms with Crippen molar-refractivity contribution >= 4 is 10.2 Å². The van der Waals surface area contributed by atoms with Gasteiger partial charge in [0.15, 0.2) is 0 Å². The molecule has 0 unspecified atom stereocenters. The quantitative estimate of drug-likeness (QED) is 0.919. The molecule has 1 aromatic rings. The van der Waals surface area contributed by atoms with Crippen LogP contribution >= 0.6 is 0 Å². The molecule has 0 aliphatic carbocycles. The lowest BCUT2D eigenvalue weighted by Gasteiger charge is -2.27. The van der Waals surface area contributed by atoms with Crippen molar-refractivity contribution in [2.24, 2.45) is 0 Å². The molecule has 4 nitrogen and oxygen atoms in total. The molecule has 2 rings (SSSR count). The molecule has 1 saturated heterocycles. The van der Waals surface area contributed by atoms with Gasteiger partial charge in [-0.05, 0) is 25.8 Å². The van der Waals surface area contributed by atoms with E-state index in [1.54, 1.807) is 18.6 Å². The van der Waals surface area contributed by atoms with E-state index in [4.69, 9.17) is 0 Å². The predicted molar refractivity (Wildman–Crippen MR) is 77.5 cm³/mol. The second-order valence-electron chi connectivity index (χ2n) is 5.61. The van der Waals surface area contributed by atoms with Crippen molar-refractivity contribution in [1.82, 2.24) is 9.03 Å². The number of alkyl halides is 3. The first-order chi connectivity index (χ1) is 10.1. The minimum absolute atomic E-state index is 0.0290. The normalized spacial score (nSPS) is 27.2. The number of nitrogens with one attached hydrogen (secondary N) is 1. The lowest BCUT2D eigenvalue weighted by molar-refractivity contribution is -0.121. The summed E-state index contributed by atoms with van der Waals surface area (Å²) in [6.45, 7) is 1.89. The number of rotatable bonds is 4. The molecule has 8 heteroatoms. The molecule has 1 fully saturated rings. The lowest BCUT2D eigenvalue weighted by Crippen LogP contribution is -2.48. The van der Waals surface area contributed by atoms with Gasteiger partial charge in [-0.2, -0.15) is 30.6 Å². The Bertz CT molecular complexity index is 604. The van der Waals surface area contributed by atoms with Crippen LogP contribution in [0.25, 0.3) is 0 Å². The Balaban J connectivity index is 2.18. The summed E-state index contributed by atoms with van der Waals surface area (Å²) in [6, 6.07) is 8.66. The first kappa shape index (κ1) is 17.2. The standard InChI is InChI=1S/C14H19F3N2O2S/c1-10-8-13(12-6-4-3-5-7-12)11(2)19(10)22(20,21)18-9-14(15,16)17/h3-7,10-11,13,18H,8-9H2,1-2H3/t10-,11+,13+/m1/s1. The largest absolute Gasteiger partial charge is 0.402 e. The fourth-order valence-electron chi connectivity index (χ4n) is 3.07. The van der Waals surface area contributed by atoms with E-state index in [2.05, 4.69) is 0 Å². The molecule has 0 saturated carbocycles. The third-order valence-corrected chi connectivity index (χ3v) is 5.73. The number of hydrogen-bond acceptors (Lipinski definition) is 2. The summed E-state index contributed by atoms with van der Waals surface area (Å²) in [5.41, 5.74) is 0.996. The van der Waals surface area contributed by atoms with Gasteiger partial charge in [-0.3, -0.25) is 0 Å². The van der Waals surface area contributed by atoms with Gasteiger partial charge in [-0.1, -0.05) is 30.3 Å². The number of benzene rings is 1. The van der Waals surface area contributed by atoms with E-state index < -0.39 is 29.0 Å². The van der Waals surface area contributed by atoms with Crippen LogP contribution in [0.2, 0.25) is 0 Å². The summed E-state index contributed by atoms with van der Waals surface area (Å²) in [5.74, 6) is -0.0290. The summed E-state index contributed by atoms with van der Waals surface area (Å²) in [4.78, 5) is 0. The molecule has 0 amide bonds. The molecule has 0 spiro atoms. The van der Waals surface area contributed by atoms with E-state index in [1.165, 1.54) is 0 Å². The maximum absolute atomic E-state index is 12.3. The zero-order valence-electron chi connectivity index (χ0n) is 12.3. The van der Waals surface area contributed by atoms with E-state index in [0.717, 1.165) is 9.87 Å². The average molecular weight is 336 g/mol. The van der Waals surface area contributed by atoms with Crippen LogP contribution < -0.4 is 4.72 Å². The molecule has 0 bridgehead atoms. The fraction of sp³-hybridized carbons (Fsp3) is 0.571. The molecule has 1 aliphatic heterocycles. The van der Waals surface area contributed by atoms with Gasteiger partial charge in [0.2, 0.25) is 0 Å². The third kappa shape index (κ3) is 3.80. The molecule has 1 aromatic carbocycles. The van der Waals surface area contributed by atoms with Gasteiger partial charge in [0.05, 0.1) is 0 Å². The number of nitrogens with zero attached hydrogens (tertiary/aromatic N) is 1. The van der Waals surface area contributed by atoms with E-state index in [0.29, 0.717) is 6.42 Å². The smallest absolute Gasteiger partial charge is 0.195 e. The second-order valence-corrected chi connectivity index (χ2v) is 7.27. The van der Waals surface area contributed by atoms with Gasteiger partial charge in [0.1, 0.15) is 6.54 Å². The van der Waals surface area contributed by atoms with Crippen molar-refractivity contribution < 1.29 is 21.6 Å². The van der Waals surface area contributed by atoms with Crippen LogP contribution in [0, 0.1) is 0 Å². The van der Waals surface area contributed by atoms with Crippen LogP contribution in [-0.2, 0) is 10.2 Å². The highest BCUT2D eigenvalue weighted by Crippen LogP contribution is 2.38. The van der Waals surface area contributed by atoms with E-state index in [9.17, 15) is 21.6 Å². The molecular weight excluding hydrogens is 317 g/mol. The molecule has 1 heterocycles. The van der Waals surface area contributed by atoms with Crippen LogP contribution in [0.15, 0.2) is 30.3 Å². The topological polar surface area (TPSA) is 49.4 Å². The average Bonchev–Trinajstić information content (AvgIpc) is 2.73. The zero-order valence-corrected chi connectivity index (χ0v) is 13.2. The van der Waals surface area contributed by atoms with Gasteiger partial charge in [-0.15, -0.1) is 0 Å². The minimum atomic E-state index is -4.57. The van der Waals surface area contributed by atoms with Gasteiger partial charge in [0.25, 0.3) is 10.2 Å². The Labute approximate surface area is 128 Å². The Morgan fingerprint density at radius 1 is 1.23 bits per heavy atom. The molecule has 1 N–H and O–H groups in total. The van der Waals surface area contributed by atoms with Crippen molar-refractivity contribution in [2.45, 2.75) is 44.4 Å². The van der Waals surface area contributed by atoms with E-state index >= 15 is 0 Å². The van der Waals surface area contributed by atoms with Gasteiger partial charge in [-0.25, -0.2) is 0 Å². The maximum Gasteiger partial charge on any atom is 0.402 e. The molecule has 22 heavy (non-hydrogen) atoms. The van der Waals surface area contributed by atoms with E-state index in [-0.39, 0.29) is 12.0 Å². The van der Waals surface area contributed by atoms with Gasteiger partial charge >= 0.3 is 6.18 Å². The zero-order chi connectivity index (χ0) is 16.5. The first-order valence-corrected chi connectivity index (χ1v) is 8.45. The monoisotopic (exact) mass is 336 g/mol. The third-order valence-electron chi connectivity index (χ3n) is 3.97. The summed E-state index contributed by atoms with van der Waals surface area (Å²) in [5, 5.41) is 0. The number of hydrogen-bond donors (Lipinski definition) is 1. The van der Waals surface area contributed by atoms with Crippen molar-refractivity contribution in [3.05, 3.63) is 35.9 Å². The Morgan fingerprint density at radius 3 is 2.36 bits per heavy atom. The van der Waals surface area contributed by atoms with Crippen LogP contribution in [0.1, 0.15) is 31.7 Å². The van der Waals surface area contributed by atoms with Crippen LogP contribution in [0.5, 0.6) is 0 Å². The van der Waals surface area contributed by atoms with Crippen molar-refractivity contribution in [2.75, 3.05) is 6.54 Å². The maximum atomic E-state index is 12.3. The van der Waals surface area contributed by atoms with Crippen LogP contribution in [-0.4, -0.2) is 37.5 Å². The molecule has 3 atom stereocenters. The van der Waals surface area contributed by atoms with Crippen LogP contribution in [0.4, 0.5) is 13.2 Å². The minimum Gasteiger partial charge on any atom is -0.195 e. The Hall–Kier alpha value is -1.12. The predicted octanol–water partition coefficient (Wildman–Crippen LogP) is 2.65. The highest BCUT2D eigenvalue weighted by atomic mass is 32.2. The molecule has 0 aromatic heterocycles. The number of halogens is 3. The molecule has 124 valence electrons. The van der Waals surface area contributed by atoms with E-state index in [1.807, 2.05) is 30.3 Å². The summed E-state index contributed by atoms with van der Waals surface area (Å²) < 4.78 is 64.0. The Kier molecular flexibility index (Phi) is 4.84. The summed E-state index contributed by atoms with van der Waals surface area (Å²) >= 11 is 0. The SMILES string of the molecule is C[C@@H]1C[C@H](c2ccccc2)[C@H](C)N1S(=O)(=O)NCC(F)(F)F. The lowest BCUT2D eigenvalue weighted by atomic mass is 9.92. The molecular formula is C14H19F3N2O2S. The summed E-state index contributed by atoms with van der Waals surface area (Å²) in [7, 11) is -4.17. The van der Waals surface area contributed by atoms with Gasteiger partial charge in [0, 0.05) is 18.0 Å². The van der Waals surface area contributed by atoms with Crippen molar-refractivity contribution in [3.63, 3.8) is 0 Å². The van der Waals surface area contributed by atoms with Gasteiger partial charge < -0.3 is 0 Å². The Morgan fingerprint density at radius 2 is 1.82 bits per heavy atom. The van der Waals surface area contributed by atoms with Crippen LogP contribution in [0.3, 0.4) is 0 Å². The molecule has 1 aliphatic rings. The highest BCUT2D eigenvalue weighted by Gasteiger charge is 2.44. The summed E-state index contributed by atoms with van der Waals surface area (Å²) in [6.07, 6.45) is -3.99. The highest BCUT2D eigenvalue weighted by molar-refractivity contribution is 7.87. The van der Waals surface area contributed by atoms with Crippen molar-refractivity contribution in [1.29, 1.82) is 0 Å². The fourth-order valence-corrected chi connectivity index (χ4v) is 4.70. The molecule has 0 radical (unpaired) electrons. The van der Waals surface area contributed by atoms with Crippen molar-refractivity contribution in [3.8, 4) is 0 Å². The first-order valence-electron chi connectivity index (χ1n) is 7.01.